The largest absolute Gasteiger partial charge is 0.496 e. The van der Waals surface area contributed by atoms with Crippen molar-refractivity contribution in [2.75, 3.05) is 34.4 Å². The van der Waals surface area contributed by atoms with E-state index in [-0.39, 0.29) is 18.5 Å². The molecule has 2 aliphatic heterocycles. The standard InChI is InChI=1S/C21H32N4O6/c1-29-16-10-18(31-3)17(30-2)8-12(16)6-4-5-7-23-20(28)13-9-14-19(27)15(26)11-25(14)21(22)24-13/h8,10,13-15,19,26-27H,4-7,9,11H2,1-3H3,(H3,22,23,24,28)/p+1/t13-,14+,15+,19+/m0/s1. The van der Waals surface area contributed by atoms with Crippen molar-refractivity contribution in [3.05, 3.63) is 17.7 Å². The number of hydrogen-bond donors (Lipinski definition) is 5. The molecule has 0 aromatic heterocycles. The van der Waals surface area contributed by atoms with E-state index in [1.54, 1.807) is 25.9 Å². The molecule has 6 N–H and O–H groups in total. The van der Waals surface area contributed by atoms with Crippen LogP contribution in [0.15, 0.2) is 12.1 Å². The van der Waals surface area contributed by atoms with Gasteiger partial charge in [0.25, 0.3) is 5.91 Å². The number of aliphatic hydroxyl groups excluding tert-OH is 2. The Hall–Kier alpha value is -2.72. The van der Waals surface area contributed by atoms with Gasteiger partial charge in [0.2, 0.25) is 0 Å². The summed E-state index contributed by atoms with van der Waals surface area (Å²) in [6, 6.07) is 2.83. The Kier molecular flexibility index (Phi) is 7.45. The summed E-state index contributed by atoms with van der Waals surface area (Å²) in [5, 5.41) is 25.9. The number of methoxy groups -OCH3 is 3. The molecule has 172 valence electrons. The smallest absolute Gasteiger partial charge is 0.344 e. The van der Waals surface area contributed by atoms with Gasteiger partial charge in [-0.25, -0.2) is 0 Å². The molecule has 1 amide bonds. The number of carbonyl (C=O) groups is 1. The minimum atomic E-state index is -0.910. The number of amides is 1. The molecular formula is C21H33N4O6+. The number of fused-ring (bicyclic) bond motifs is 1. The summed E-state index contributed by atoms with van der Waals surface area (Å²) in [7, 11) is 4.79. The Balaban J connectivity index is 1.47. The van der Waals surface area contributed by atoms with Crippen LogP contribution in [0.25, 0.3) is 0 Å². The molecule has 2 heterocycles. The molecule has 0 radical (unpaired) electrons. The number of hydrogen-bond acceptors (Lipinski definition) is 8. The molecule has 2 aliphatic rings. The third kappa shape index (κ3) is 4.96. The number of rotatable bonds is 9. The summed E-state index contributed by atoms with van der Waals surface area (Å²) in [5.74, 6) is 2.15. The summed E-state index contributed by atoms with van der Waals surface area (Å²) in [6.07, 6.45) is 1.01. The van der Waals surface area contributed by atoms with Crippen LogP contribution in [0.2, 0.25) is 0 Å². The average Bonchev–Trinajstić information content (AvgIpc) is 3.07. The van der Waals surface area contributed by atoms with Crippen LogP contribution in [-0.4, -0.2) is 85.4 Å². The summed E-state index contributed by atoms with van der Waals surface area (Å²) in [4.78, 5) is 12.6. The number of aryl methyl sites for hydroxylation is 1. The fraction of sp³-hybridized carbons (Fsp3) is 0.619. The van der Waals surface area contributed by atoms with Gasteiger partial charge in [0, 0.05) is 19.0 Å². The second-order valence-electron chi connectivity index (χ2n) is 7.86. The first-order valence-electron chi connectivity index (χ1n) is 10.5. The van der Waals surface area contributed by atoms with Gasteiger partial charge in [0.15, 0.2) is 17.5 Å². The van der Waals surface area contributed by atoms with Crippen molar-refractivity contribution < 1.29 is 33.8 Å². The molecule has 1 saturated heterocycles. The van der Waals surface area contributed by atoms with Crippen LogP contribution in [-0.2, 0) is 11.2 Å². The Labute approximate surface area is 182 Å². The maximum atomic E-state index is 12.6. The van der Waals surface area contributed by atoms with Crippen LogP contribution < -0.4 is 30.6 Å². The van der Waals surface area contributed by atoms with E-state index in [0.717, 1.165) is 30.6 Å². The molecule has 10 nitrogen and oxygen atoms in total. The van der Waals surface area contributed by atoms with Crippen LogP contribution in [0.5, 0.6) is 17.2 Å². The lowest BCUT2D eigenvalue weighted by Crippen LogP contribution is -2.59. The van der Waals surface area contributed by atoms with E-state index in [4.69, 9.17) is 19.9 Å². The number of guanidine groups is 1. The molecule has 0 saturated carbocycles. The molecule has 1 aromatic carbocycles. The van der Waals surface area contributed by atoms with Gasteiger partial charge in [0.05, 0.1) is 27.9 Å². The maximum absolute atomic E-state index is 12.6. The minimum Gasteiger partial charge on any atom is -0.496 e. The van der Waals surface area contributed by atoms with Crippen LogP contribution >= 0.6 is 0 Å². The zero-order chi connectivity index (χ0) is 22.5. The van der Waals surface area contributed by atoms with E-state index in [9.17, 15) is 15.0 Å². The number of aliphatic hydroxyl groups is 2. The van der Waals surface area contributed by atoms with E-state index in [1.807, 2.05) is 12.1 Å². The van der Waals surface area contributed by atoms with Crippen molar-refractivity contribution >= 4 is 11.9 Å². The zero-order valence-electron chi connectivity index (χ0n) is 18.3. The molecular weight excluding hydrogens is 404 g/mol. The maximum Gasteiger partial charge on any atom is 0.344 e. The minimum absolute atomic E-state index is 0.167. The number of nitrogens with two attached hydrogens (primary N) is 1. The van der Waals surface area contributed by atoms with Gasteiger partial charge >= 0.3 is 5.96 Å². The highest BCUT2D eigenvalue weighted by Gasteiger charge is 2.47. The molecule has 3 rings (SSSR count). The zero-order valence-corrected chi connectivity index (χ0v) is 18.3. The van der Waals surface area contributed by atoms with E-state index in [1.165, 1.54) is 0 Å². The van der Waals surface area contributed by atoms with E-state index >= 15 is 0 Å². The van der Waals surface area contributed by atoms with Gasteiger partial charge in [-0.1, -0.05) is 0 Å². The molecule has 0 unspecified atom stereocenters. The normalized spacial score (nSPS) is 24.9. The highest BCUT2D eigenvalue weighted by molar-refractivity contribution is 5.87. The van der Waals surface area contributed by atoms with E-state index in [0.29, 0.717) is 30.4 Å². The van der Waals surface area contributed by atoms with Gasteiger partial charge < -0.3 is 29.7 Å². The lowest BCUT2D eigenvalue weighted by molar-refractivity contribution is -0.559. The Bertz CT molecular complexity index is 830. The van der Waals surface area contributed by atoms with Gasteiger partial charge in [-0.3, -0.25) is 20.4 Å². The fourth-order valence-electron chi connectivity index (χ4n) is 4.23. The van der Waals surface area contributed by atoms with Gasteiger partial charge in [-0.15, -0.1) is 0 Å². The average molecular weight is 438 g/mol. The Morgan fingerprint density at radius 2 is 1.84 bits per heavy atom. The summed E-state index contributed by atoms with van der Waals surface area (Å²) >= 11 is 0. The summed E-state index contributed by atoms with van der Waals surface area (Å²) in [6.45, 7) is 0.782. The van der Waals surface area contributed by atoms with Gasteiger partial charge in [-0.05, 0) is 30.9 Å². The molecule has 31 heavy (non-hydrogen) atoms. The predicted molar refractivity (Wildman–Crippen MR) is 114 cm³/mol. The number of nitrogens with zero attached hydrogens (tertiary/aromatic N) is 1. The topological polar surface area (TPSA) is 138 Å². The first-order valence-corrected chi connectivity index (χ1v) is 10.5. The van der Waals surface area contributed by atoms with Crippen molar-refractivity contribution in [1.29, 1.82) is 0 Å². The molecule has 0 bridgehead atoms. The van der Waals surface area contributed by atoms with Crippen molar-refractivity contribution in [1.82, 2.24) is 10.6 Å². The summed E-state index contributed by atoms with van der Waals surface area (Å²) in [5.41, 5.74) is 6.99. The van der Waals surface area contributed by atoms with Gasteiger partial charge in [-0.2, -0.15) is 0 Å². The van der Waals surface area contributed by atoms with Crippen molar-refractivity contribution in [3.8, 4) is 17.2 Å². The summed E-state index contributed by atoms with van der Waals surface area (Å²) < 4.78 is 17.8. The predicted octanol–water partition coefficient (Wildman–Crippen LogP) is -1.06. The van der Waals surface area contributed by atoms with E-state index in [2.05, 4.69) is 10.6 Å². The molecule has 1 fully saturated rings. The lowest BCUT2D eigenvalue weighted by atomic mass is 10.00. The monoisotopic (exact) mass is 437 g/mol. The molecule has 10 heteroatoms. The van der Waals surface area contributed by atoms with Crippen LogP contribution in [0.3, 0.4) is 0 Å². The van der Waals surface area contributed by atoms with Crippen LogP contribution in [0.4, 0.5) is 0 Å². The number of benzene rings is 1. The third-order valence-electron chi connectivity index (χ3n) is 5.96. The number of unbranched alkanes of at least 4 members (excludes halogenated alkanes) is 1. The highest BCUT2D eigenvalue weighted by atomic mass is 16.5. The Morgan fingerprint density at radius 3 is 2.52 bits per heavy atom. The molecule has 4 atom stereocenters. The fourth-order valence-corrected chi connectivity index (χ4v) is 4.23. The Morgan fingerprint density at radius 1 is 1.16 bits per heavy atom. The first kappa shape index (κ1) is 23.0. The second-order valence-corrected chi connectivity index (χ2v) is 7.86. The van der Waals surface area contributed by atoms with Crippen molar-refractivity contribution in [2.24, 2.45) is 5.73 Å². The SMILES string of the molecule is COc1cc(OC)c(OC)cc1CCCCNC(=O)[C@@H]1C[C@@H]2[C@@H](O)[C@H](O)C[N+]2=C(N)N1. The van der Waals surface area contributed by atoms with Crippen molar-refractivity contribution in [3.63, 3.8) is 0 Å². The lowest BCUT2D eigenvalue weighted by Gasteiger charge is -2.26. The number of ether oxygens (including phenoxy) is 3. The molecule has 0 aliphatic carbocycles. The van der Waals surface area contributed by atoms with Crippen LogP contribution in [0, 0.1) is 0 Å². The number of nitrogens with one attached hydrogen (secondary N) is 2. The van der Waals surface area contributed by atoms with E-state index < -0.39 is 18.2 Å². The van der Waals surface area contributed by atoms with Crippen molar-refractivity contribution in [2.45, 2.75) is 50.0 Å². The second kappa shape index (κ2) is 10.1. The first-order chi connectivity index (χ1) is 14.9. The molecule has 1 aromatic rings. The number of carbonyl (C=O) groups excluding carboxylic acids is 1. The molecule has 0 spiro atoms. The highest BCUT2D eigenvalue weighted by Crippen LogP contribution is 2.35. The van der Waals surface area contributed by atoms with Gasteiger partial charge in [0.1, 0.15) is 24.0 Å². The van der Waals surface area contributed by atoms with Crippen LogP contribution in [0.1, 0.15) is 24.8 Å². The third-order valence-corrected chi connectivity index (χ3v) is 5.96. The quantitative estimate of drug-likeness (QED) is 0.244.